The van der Waals surface area contributed by atoms with Crippen molar-refractivity contribution in [1.29, 1.82) is 0 Å². The molecular weight excluding hydrogens is 180 g/mol. The lowest BCUT2D eigenvalue weighted by atomic mass is 10.1. The predicted molar refractivity (Wildman–Crippen MR) is 51.9 cm³/mol. The van der Waals surface area contributed by atoms with E-state index in [1.165, 1.54) is 6.42 Å². The molecule has 0 radical (unpaired) electrons. The van der Waals surface area contributed by atoms with Crippen molar-refractivity contribution >= 4 is 0 Å². The Bertz CT molecular complexity index is 279. The minimum absolute atomic E-state index is 0.484. The van der Waals surface area contributed by atoms with Crippen LogP contribution in [-0.2, 0) is 11.3 Å². The quantitative estimate of drug-likeness (QED) is 0.790. The Labute approximate surface area is 83.6 Å². The van der Waals surface area contributed by atoms with Gasteiger partial charge in [-0.3, -0.25) is 0 Å². The first kappa shape index (κ1) is 9.68. The third-order valence-electron chi connectivity index (χ3n) is 2.59. The van der Waals surface area contributed by atoms with E-state index in [1.807, 2.05) is 6.92 Å². The summed E-state index contributed by atoms with van der Waals surface area (Å²) in [6.45, 7) is 4.51. The highest BCUT2D eigenvalue weighted by Crippen LogP contribution is 2.09. The summed E-state index contributed by atoms with van der Waals surface area (Å²) in [5.41, 5.74) is 2.10. The summed E-state index contributed by atoms with van der Waals surface area (Å²) in [7, 11) is 0. The largest absolute Gasteiger partial charge is 0.380 e. The van der Waals surface area contributed by atoms with Gasteiger partial charge in [0.05, 0.1) is 12.3 Å². The maximum Gasteiger partial charge on any atom is 0.128 e. The molecule has 0 amide bonds. The lowest BCUT2D eigenvalue weighted by molar-refractivity contribution is 0.0699. The average molecular weight is 196 g/mol. The number of aryl methyl sites for hydroxylation is 1. The molecule has 1 aromatic heterocycles. The van der Waals surface area contributed by atoms with Gasteiger partial charge in [0.15, 0.2) is 0 Å². The number of rotatable bonds is 3. The van der Waals surface area contributed by atoms with Gasteiger partial charge in [-0.1, -0.05) is 5.16 Å². The molecule has 1 aliphatic heterocycles. The molecule has 78 valence electrons. The van der Waals surface area contributed by atoms with Crippen LogP contribution in [0.25, 0.3) is 0 Å². The monoisotopic (exact) mass is 196 g/mol. The molecule has 0 unspecified atom stereocenters. The lowest BCUT2D eigenvalue weighted by Gasteiger charge is -2.22. The lowest BCUT2D eigenvalue weighted by Crippen LogP contribution is -2.36. The fourth-order valence-electron chi connectivity index (χ4n) is 1.64. The summed E-state index contributed by atoms with van der Waals surface area (Å²) >= 11 is 0. The number of hydrogen-bond donors (Lipinski definition) is 1. The van der Waals surface area contributed by atoms with E-state index in [0.29, 0.717) is 6.04 Å². The van der Waals surface area contributed by atoms with E-state index in [2.05, 4.69) is 10.5 Å². The summed E-state index contributed by atoms with van der Waals surface area (Å²) in [6.07, 6.45) is 4.05. The van der Waals surface area contributed by atoms with E-state index < -0.39 is 0 Å². The number of aromatic nitrogens is 1. The molecule has 0 saturated carbocycles. The normalized spacial score (nSPS) is 22.5. The second kappa shape index (κ2) is 4.57. The van der Waals surface area contributed by atoms with Gasteiger partial charge >= 0.3 is 0 Å². The molecule has 1 saturated heterocycles. The molecule has 1 atom stereocenters. The third kappa shape index (κ3) is 2.33. The van der Waals surface area contributed by atoms with Crippen molar-refractivity contribution < 1.29 is 9.26 Å². The Kier molecular flexibility index (Phi) is 3.16. The minimum Gasteiger partial charge on any atom is -0.380 e. The van der Waals surface area contributed by atoms with E-state index in [-0.39, 0.29) is 0 Å². The minimum atomic E-state index is 0.484. The number of hydrogen-bond acceptors (Lipinski definition) is 4. The summed E-state index contributed by atoms with van der Waals surface area (Å²) in [4.78, 5) is 0. The first-order valence-electron chi connectivity index (χ1n) is 5.07. The third-order valence-corrected chi connectivity index (χ3v) is 2.59. The fraction of sp³-hybridized carbons (Fsp3) is 0.700. The van der Waals surface area contributed by atoms with Crippen molar-refractivity contribution in [2.24, 2.45) is 0 Å². The molecule has 2 heterocycles. The molecule has 4 nitrogen and oxygen atoms in total. The smallest absolute Gasteiger partial charge is 0.128 e. The van der Waals surface area contributed by atoms with Gasteiger partial charge in [0, 0.05) is 24.8 Å². The van der Waals surface area contributed by atoms with Gasteiger partial charge in [-0.25, -0.2) is 0 Å². The van der Waals surface area contributed by atoms with Crippen LogP contribution >= 0.6 is 0 Å². The first-order chi connectivity index (χ1) is 6.86. The number of ether oxygens (including phenoxy) is 1. The molecule has 1 fully saturated rings. The van der Waals surface area contributed by atoms with Crippen LogP contribution in [-0.4, -0.2) is 24.4 Å². The highest BCUT2D eigenvalue weighted by molar-refractivity contribution is 5.12. The zero-order valence-electron chi connectivity index (χ0n) is 8.45. The SMILES string of the molecule is Cc1nocc1CN[C@@H]1CCCOC1. The van der Waals surface area contributed by atoms with Crippen LogP contribution in [0.3, 0.4) is 0 Å². The molecule has 1 aromatic rings. The van der Waals surface area contributed by atoms with Crippen molar-refractivity contribution in [1.82, 2.24) is 10.5 Å². The van der Waals surface area contributed by atoms with Crippen molar-refractivity contribution in [3.8, 4) is 0 Å². The van der Waals surface area contributed by atoms with E-state index >= 15 is 0 Å². The Morgan fingerprint density at radius 3 is 3.21 bits per heavy atom. The maximum absolute atomic E-state index is 5.38. The van der Waals surface area contributed by atoms with Crippen molar-refractivity contribution in [2.75, 3.05) is 13.2 Å². The van der Waals surface area contributed by atoms with Crippen LogP contribution in [0.15, 0.2) is 10.8 Å². The molecule has 0 bridgehead atoms. The highest BCUT2D eigenvalue weighted by Gasteiger charge is 2.13. The fourth-order valence-corrected chi connectivity index (χ4v) is 1.64. The number of nitrogens with zero attached hydrogens (tertiary/aromatic N) is 1. The summed E-state index contributed by atoms with van der Waals surface area (Å²) in [6, 6.07) is 0.484. The summed E-state index contributed by atoms with van der Waals surface area (Å²) in [5.74, 6) is 0. The molecule has 2 rings (SSSR count). The molecule has 0 aromatic carbocycles. The highest BCUT2D eigenvalue weighted by atomic mass is 16.5. The Balaban J connectivity index is 1.79. The zero-order chi connectivity index (χ0) is 9.80. The van der Waals surface area contributed by atoms with Gasteiger partial charge in [0.1, 0.15) is 6.26 Å². The molecular formula is C10H16N2O2. The van der Waals surface area contributed by atoms with Crippen LogP contribution in [0.5, 0.6) is 0 Å². The van der Waals surface area contributed by atoms with Crippen LogP contribution in [0.4, 0.5) is 0 Å². The first-order valence-corrected chi connectivity index (χ1v) is 5.07. The van der Waals surface area contributed by atoms with E-state index in [4.69, 9.17) is 9.26 Å². The van der Waals surface area contributed by atoms with Crippen molar-refractivity contribution in [3.05, 3.63) is 17.5 Å². The van der Waals surface area contributed by atoms with Crippen molar-refractivity contribution in [2.45, 2.75) is 32.4 Å². The van der Waals surface area contributed by atoms with Gasteiger partial charge in [-0.05, 0) is 19.8 Å². The second-order valence-corrected chi connectivity index (χ2v) is 3.72. The second-order valence-electron chi connectivity index (χ2n) is 3.72. The molecule has 0 spiro atoms. The van der Waals surface area contributed by atoms with E-state index in [9.17, 15) is 0 Å². The maximum atomic E-state index is 5.38. The standard InChI is InChI=1S/C10H16N2O2/c1-8-9(6-14-12-8)5-11-10-3-2-4-13-7-10/h6,10-11H,2-5,7H2,1H3/t10-/m1/s1. The van der Waals surface area contributed by atoms with Crippen LogP contribution in [0.2, 0.25) is 0 Å². The number of nitrogens with one attached hydrogen (secondary N) is 1. The molecule has 14 heavy (non-hydrogen) atoms. The molecule has 1 N–H and O–H groups in total. The van der Waals surface area contributed by atoms with Gasteiger partial charge < -0.3 is 14.6 Å². The predicted octanol–water partition coefficient (Wildman–Crippen LogP) is 1.25. The zero-order valence-corrected chi connectivity index (χ0v) is 8.45. The van der Waals surface area contributed by atoms with E-state index in [0.717, 1.165) is 37.4 Å². The molecule has 0 aliphatic carbocycles. The van der Waals surface area contributed by atoms with Gasteiger partial charge in [-0.2, -0.15) is 0 Å². The summed E-state index contributed by atoms with van der Waals surface area (Å²) in [5, 5.41) is 7.27. The van der Waals surface area contributed by atoms with Crippen LogP contribution < -0.4 is 5.32 Å². The van der Waals surface area contributed by atoms with Gasteiger partial charge in [-0.15, -0.1) is 0 Å². The van der Waals surface area contributed by atoms with Crippen molar-refractivity contribution in [3.63, 3.8) is 0 Å². The molecule has 1 aliphatic rings. The van der Waals surface area contributed by atoms with Crippen LogP contribution in [0, 0.1) is 6.92 Å². The van der Waals surface area contributed by atoms with Gasteiger partial charge in [0.25, 0.3) is 0 Å². The molecule has 4 heteroatoms. The Hall–Kier alpha value is -0.870. The van der Waals surface area contributed by atoms with Crippen LogP contribution in [0.1, 0.15) is 24.1 Å². The van der Waals surface area contributed by atoms with E-state index in [1.54, 1.807) is 6.26 Å². The summed E-state index contributed by atoms with van der Waals surface area (Å²) < 4.78 is 10.2. The average Bonchev–Trinajstić information content (AvgIpc) is 2.63. The Morgan fingerprint density at radius 2 is 2.57 bits per heavy atom. The topological polar surface area (TPSA) is 47.3 Å². The Morgan fingerprint density at radius 1 is 1.64 bits per heavy atom. The van der Waals surface area contributed by atoms with Gasteiger partial charge in [0.2, 0.25) is 0 Å².